The number of pyridine rings is 2. The number of aryl methyl sites for hydroxylation is 1. The Morgan fingerprint density at radius 3 is 2.75 bits per heavy atom. The van der Waals surface area contributed by atoms with Crippen molar-refractivity contribution in [2.45, 2.75) is 26.7 Å². The molecule has 2 N–H and O–H groups in total. The number of rotatable bonds is 3. The van der Waals surface area contributed by atoms with Gasteiger partial charge in [-0.2, -0.15) is 5.10 Å². The summed E-state index contributed by atoms with van der Waals surface area (Å²) in [6.45, 7) is 10.5. The minimum absolute atomic E-state index is 0.348. The van der Waals surface area contributed by atoms with E-state index in [0.29, 0.717) is 5.92 Å². The van der Waals surface area contributed by atoms with Crippen LogP contribution in [-0.4, -0.2) is 50.7 Å². The van der Waals surface area contributed by atoms with Crippen LogP contribution in [0.1, 0.15) is 30.9 Å². The second-order valence-electron chi connectivity index (χ2n) is 7.81. The lowest BCUT2D eigenvalue weighted by Crippen LogP contribution is -2.43. The van der Waals surface area contributed by atoms with Gasteiger partial charge in [-0.15, -0.1) is 0 Å². The van der Waals surface area contributed by atoms with Gasteiger partial charge >= 0.3 is 0 Å². The Hall–Kier alpha value is -2.93. The van der Waals surface area contributed by atoms with Gasteiger partial charge < -0.3 is 15.2 Å². The van der Waals surface area contributed by atoms with Gasteiger partial charge in [0.05, 0.1) is 16.7 Å². The van der Waals surface area contributed by atoms with Crippen LogP contribution in [0.15, 0.2) is 30.7 Å². The molecule has 144 valence electrons. The number of hydrogen-bond donors (Lipinski definition) is 2. The topological polar surface area (TPSA) is 74.1 Å². The van der Waals surface area contributed by atoms with Crippen molar-refractivity contribution in [1.82, 2.24) is 29.9 Å². The molecule has 0 aliphatic carbocycles. The van der Waals surface area contributed by atoms with Crippen molar-refractivity contribution < 1.29 is 0 Å². The highest BCUT2D eigenvalue weighted by Crippen LogP contribution is 2.36. The highest BCUT2D eigenvalue weighted by molar-refractivity contribution is 5.89. The average molecular weight is 375 g/mol. The van der Waals surface area contributed by atoms with Gasteiger partial charge in [0.2, 0.25) is 0 Å². The maximum Gasteiger partial charge on any atom is 0.158 e. The molecule has 0 atom stereocenters. The fourth-order valence-corrected chi connectivity index (χ4v) is 4.17. The van der Waals surface area contributed by atoms with Gasteiger partial charge in [0.15, 0.2) is 5.65 Å². The molecule has 0 unspecified atom stereocenters. The highest BCUT2D eigenvalue weighted by Gasteiger charge is 2.20. The molecule has 28 heavy (non-hydrogen) atoms. The molecule has 5 rings (SSSR count). The van der Waals surface area contributed by atoms with Gasteiger partial charge in [-0.1, -0.05) is 13.8 Å². The zero-order valence-electron chi connectivity index (χ0n) is 16.5. The first-order valence-electron chi connectivity index (χ1n) is 9.90. The van der Waals surface area contributed by atoms with Gasteiger partial charge in [-0.25, -0.2) is 14.5 Å². The first kappa shape index (κ1) is 17.2. The lowest BCUT2D eigenvalue weighted by molar-refractivity contribution is 0.585. The molecule has 1 aliphatic rings. The fourth-order valence-electron chi connectivity index (χ4n) is 4.17. The standard InChI is InChI=1S/C21H25N7/c1-13(2)18-19(15-10-14(3)21-23-12-24-28(21)11-15)25-16-4-5-17(26-20(16)18)27-8-6-22-7-9-27/h4-5,10-13,22,25H,6-9H2,1-3H3. The van der Waals surface area contributed by atoms with E-state index in [1.807, 2.05) is 10.7 Å². The van der Waals surface area contributed by atoms with Crippen LogP contribution in [0.4, 0.5) is 5.82 Å². The van der Waals surface area contributed by atoms with Crippen molar-refractivity contribution in [2.24, 2.45) is 0 Å². The van der Waals surface area contributed by atoms with Crippen LogP contribution in [0.3, 0.4) is 0 Å². The monoisotopic (exact) mass is 375 g/mol. The van der Waals surface area contributed by atoms with Crippen molar-refractivity contribution in [1.29, 1.82) is 0 Å². The molecule has 4 aromatic heterocycles. The normalized spacial score (nSPS) is 15.2. The third-order valence-corrected chi connectivity index (χ3v) is 5.53. The third kappa shape index (κ3) is 2.74. The van der Waals surface area contributed by atoms with Crippen LogP contribution in [0.2, 0.25) is 0 Å². The number of aromatic amines is 1. The second-order valence-corrected chi connectivity index (χ2v) is 7.81. The quantitative estimate of drug-likeness (QED) is 0.576. The highest BCUT2D eigenvalue weighted by atomic mass is 15.3. The average Bonchev–Trinajstić information content (AvgIpc) is 3.32. The molecular formula is C21H25N7. The molecule has 5 heterocycles. The van der Waals surface area contributed by atoms with Crippen LogP contribution in [-0.2, 0) is 0 Å². The minimum atomic E-state index is 0.348. The van der Waals surface area contributed by atoms with Crippen molar-refractivity contribution in [3.05, 3.63) is 41.9 Å². The van der Waals surface area contributed by atoms with Crippen LogP contribution < -0.4 is 10.2 Å². The number of aromatic nitrogens is 5. The van der Waals surface area contributed by atoms with Crippen molar-refractivity contribution in [2.75, 3.05) is 31.1 Å². The zero-order valence-corrected chi connectivity index (χ0v) is 16.5. The zero-order chi connectivity index (χ0) is 19.3. The minimum Gasteiger partial charge on any atom is -0.354 e. The number of hydrogen-bond acceptors (Lipinski definition) is 5. The summed E-state index contributed by atoms with van der Waals surface area (Å²) in [5.74, 6) is 1.41. The van der Waals surface area contributed by atoms with Gasteiger partial charge in [-0.3, -0.25) is 0 Å². The van der Waals surface area contributed by atoms with E-state index in [0.717, 1.165) is 65.5 Å². The lowest BCUT2D eigenvalue weighted by Gasteiger charge is -2.28. The number of nitrogens with one attached hydrogen (secondary N) is 2. The Morgan fingerprint density at radius 1 is 1.14 bits per heavy atom. The summed E-state index contributed by atoms with van der Waals surface area (Å²) in [7, 11) is 0. The Balaban J connectivity index is 1.68. The number of fused-ring (bicyclic) bond motifs is 2. The Labute approximate surface area is 163 Å². The third-order valence-electron chi connectivity index (χ3n) is 5.53. The molecule has 0 bridgehead atoms. The van der Waals surface area contributed by atoms with E-state index in [4.69, 9.17) is 4.98 Å². The van der Waals surface area contributed by atoms with Crippen LogP contribution >= 0.6 is 0 Å². The van der Waals surface area contributed by atoms with E-state index in [9.17, 15) is 0 Å². The molecule has 0 radical (unpaired) electrons. The molecule has 0 aromatic carbocycles. The van der Waals surface area contributed by atoms with Crippen molar-refractivity contribution in [3.8, 4) is 11.3 Å². The summed E-state index contributed by atoms with van der Waals surface area (Å²) < 4.78 is 1.85. The summed E-state index contributed by atoms with van der Waals surface area (Å²) in [6, 6.07) is 6.47. The summed E-state index contributed by atoms with van der Waals surface area (Å²) in [5.41, 5.74) is 7.64. The van der Waals surface area contributed by atoms with Crippen LogP contribution in [0.25, 0.3) is 27.9 Å². The smallest absolute Gasteiger partial charge is 0.158 e. The van der Waals surface area contributed by atoms with Crippen molar-refractivity contribution >= 4 is 22.5 Å². The van der Waals surface area contributed by atoms with Gasteiger partial charge in [0, 0.05) is 43.5 Å². The second kappa shape index (κ2) is 6.60. The molecule has 0 saturated carbocycles. The van der Waals surface area contributed by atoms with E-state index >= 15 is 0 Å². The first-order valence-corrected chi connectivity index (χ1v) is 9.90. The van der Waals surface area contributed by atoms with Gasteiger partial charge in [0.25, 0.3) is 0 Å². The summed E-state index contributed by atoms with van der Waals surface area (Å²) in [5, 5.41) is 7.74. The van der Waals surface area contributed by atoms with E-state index < -0.39 is 0 Å². The molecule has 4 aromatic rings. The Bertz CT molecular complexity index is 1150. The predicted molar refractivity (Wildman–Crippen MR) is 112 cm³/mol. The maximum absolute atomic E-state index is 5.07. The molecule has 0 spiro atoms. The Kier molecular flexibility index (Phi) is 4.05. The molecule has 1 fully saturated rings. The summed E-state index contributed by atoms with van der Waals surface area (Å²) in [6.07, 6.45) is 3.64. The fraction of sp³-hybridized carbons (Fsp3) is 0.381. The SMILES string of the molecule is Cc1cc(-c2[nH]c3ccc(N4CCNCC4)nc3c2C(C)C)cn2ncnc12. The molecular weight excluding hydrogens is 350 g/mol. The lowest BCUT2D eigenvalue weighted by atomic mass is 9.98. The van der Waals surface area contributed by atoms with E-state index in [-0.39, 0.29) is 0 Å². The molecule has 0 amide bonds. The predicted octanol–water partition coefficient (Wildman–Crippen LogP) is 3.11. The molecule has 1 saturated heterocycles. The molecule has 7 nitrogen and oxygen atoms in total. The summed E-state index contributed by atoms with van der Waals surface area (Å²) >= 11 is 0. The first-order chi connectivity index (χ1) is 13.6. The Morgan fingerprint density at radius 2 is 1.96 bits per heavy atom. The van der Waals surface area contributed by atoms with Crippen LogP contribution in [0.5, 0.6) is 0 Å². The van der Waals surface area contributed by atoms with Gasteiger partial charge in [-0.05, 0) is 36.6 Å². The number of anilines is 1. The largest absolute Gasteiger partial charge is 0.354 e. The van der Waals surface area contributed by atoms with E-state index in [2.05, 4.69) is 64.3 Å². The number of piperazine rings is 1. The van der Waals surface area contributed by atoms with E-state index in [1.165, 1.54) is 5.56 Å². The van der Waals surface area contributed by atoms with Gasteiger partial charge in [0.1, 0.15) is 12.1 Å². The van der Waals surface area contributed by atoms with Crippen LogP contribution in [0, 0.1) is 6.92 Å². The number of nitrogens with zero attached hydrogens (tertiary/aromatic N) is 5. The maximum atomic E-state index is 5.07. The molecule has 1 aliphatic heterocycles. The molecule has 7 heteroatoms. The number of H-pyrrole nitrogens is 1. The van der Waals surface area contributed by atoms with E-state index in [1.54, 1.807) is 6.33 Å². The summed E-state index contributed by atoms with van der Waals surface area (Å²) in [4.78, 5) is 15.4. The van der Waals surface area contributed by atoms with Crippen molar-refractivity contribution in [3.63, 3.8) is 0 Å².